The molecular weight excluding hydrogens is 262 g/mol. The molecule has 1 aromatic rings. The van der Waals surface area contributed by atoms with Gasteiger partial charge in [-0.3, -0.25) is 0 Å². The first-order valence-electron chi connectivity index (χ1n) is 8.24. The fraction of sp³-hybridized carbons (Fsp3) is 0.750. The summed E-state index contributed by atoms with van der Waals surface area (Å²) in [6.07, 6.45) is 6.32. The number of anilines is 2. The Morgan fingerprint density at radius 1 is 1.24 bits per heavy atom. The Morgan fingerprint density at radius 2 is 2.00 bits per heavy atom. The van der Waals surface area contributed by atoms with Gasteiger partial charge in [-0.05, 0) is 45.2 Å². The number of rotatable bonds is 7. The zero-order chi connectivity index (χ0) is 15.1. The maximum atomic E-state index is 4.45. The molecule has 21 heavy (non-hydrogen) atoms. The average Bonchev–Trinajstić information content (AvgIpc) is 2.50. The van der Waals surface area contributed by atoms with Crippen molar-refractivity contribution in [1.29, 1.82) is 0 Å². The molecule has 0 amide bonds. The van der Waals surface area contributed by atoms with Gasteiger partial charge in [0.2, 0.25) is 0 Å². The summed E-state index contributed by atoms with van der Waals surface area (Å²) in [6, 6.07) is 0. The zero-order valence-corrected chi connectivity index (χ0v) is 13.7. The highest BCUT2D eigenvalue weighted by molar-refractivity contribution is 5.57. The van der Waals surface area contributed by atoms with Crippen molar-refractivity contribution in [3.8, 4) is 0 Å². The molecule has 2 heterocycles. The lowest BCUT2D eigenvalue weighted by molar-refractivity contribution is 0.217. The molecular formula is C16H29N5. The van der Waals surface area contributed by atoms with Crippen LogP contribution in [0.15, 0.2) is 6.33 Å². The van der Waals surface area contributed by atoms with Gasteiger partial charge >= 0.3 is 0 Å². The molecule has 5 heteroatoms. The van der Waals surface area contributed by atoms with Crippen LogP contribution in [0, 0.1) is 5.92 Å². The lowest BCUT2D eigenvalue weighted by Gasteiger charge is -2.30. The van der Waals surface area contributed by atoms with Gasteiger partial charge in [-0.2, -0.15) is 0 Å². The average molecular weight is 291 g/mol. The van der Waals surface area contributed by atoms with Crippen LogP contribution in [0.5, 0.6) is 0 Å². The van der Waals surface area contributed by atoms with Crippen LogP contribution in [-0.4, -0.2) is 48.1 Å². The van der Waals surface area contributed by atoms with Gasteiger partial charge in [0.05, 0.1) is 0 Å². The summed E-state index contributed by atoms with van der Waals surface area (Å²) >= 11 is 0. The van der Waals surface area contributed by atoms with Crippen molar-refractivity contribution < 1.29 is 0 Å². The maximum absolute atomic E-state index is 4.45. The van der Waals surface area contributed by atoms with Gasteiger partial charge in [-0.25, -0.2) is 9.97 Å². The minimum atomic E-state index is 0.718. The second kappa shape index (κ2) is 8.17. The highest BCUT2D eigenvalue weighted by atomic mass is 15.1. The van der Waals surface area contributed by atoms with E-state index in [9.17, 15) is 0 Å². The minimum absolute atomic E-state index is 0.718. The van der Waals surface area contributed by atoms with Gasteiger partial charge in [0.1, 0.15) is 18.0 Å². The van der Waals surface area contributed by atoms with Crippen LogP contribution >= 0.6 is 0 Å². The topological polar surface area (TPSA) is 53.1 Å². The molecule has 2 rings (SSSR count). The van der Waals surface area contributed by atoms with Crippen LogP contribution < -0.4 is 10.6 Å². The van der Waals surface area contributed by atoms with E-state index in [-0.39, 0.29) is 0 Å². The van der Waals surface area contributed by atoms with Gasteiger partial charge in [-0.1, -0.05) is 13.8 Å². The Labute approximate surface area is 128 Å². The summed E-state index contributed by atoms with van der Waals surface area (Å²) in [4.78, 5) is 11.3. The smallest absolute Gasteiger partial charge is 0.134 e. The Balaban J connectivity index is 1.98. The van der Waals surface area contributed by atoms with E-state index in [1.165, 1.54) is 31.5 Å². The van der Waals surface area contributed by atoms with Crippen LogP contribution in [0.3, 0.4) is 0 Å². The van der Waals surface area contributed by atoms with E-state index in [4.69, 9.17) is 0 Å². The van der Waals surface area contributed by atoms with Crippen molar-refractivity contribution >= 4 is 11.6 Å². The van der Waals surface area contributed by atoms with E-state index in [1.807, 2.05) is 0 Å². The molecule has 0 saturated carbocycles. The normalized spacial score (nSPS) is 19.5. The van der Waals surface area contributed by atoms with E-state index < -0.39 is 0 Å². The molecule has 0 spiro atoms. The number of nitrogens with one attached hydrogen (secondary N) is 2. The first-order valence-corrected chi connectivity index (χ1v) is 8.24. The Bertz CT molecular complexity index is 435. The molecule has 0 aromatic carbocycles. The van der Waals surface area contributed by atoms with Crippen molar-refractivity contribution in [3.63, 3.8) is 0 Å². The molecule has 1 saturated heterocycles. The zero-order valence-electron chi connectivity index (χ0n) is 13.7. The van der Waals surface area contributed by atoms with E-state index in [1.54, 1.807) is 6.33 Å². The first-order chi connectivity index (χ1) is 10.2. The van der Waals surface area contributed by atoms with E-state index in [2.05, 4.69) is 46.4 Å². The molecule has 1 aromatic heterocycles. The molecule has 1 atom stereocenters. The van der Waals surface area contributed by atoms with Crippen LogP contribution in [-0.2, 0) is 6.42 Å². The Morgan fingerprint density at radius 3 is 2.67 bits per heavy atom. The SMILES string of the molecule is CCCNc1ncnc(NCC2CCCN(C)C2)c1CC. The van der Waals surface area contributed by atoms with Gasteiger partial charge in [0.25, 0.3) is 0 Å². The molecule has 118 valence electrons. The molecule has 1 unspecified atom stereocenters. The number of hydrogen-bond donors (Lipinski definition) is 2. The lowest BCUT2D eigenvalue weighted by Crippen LogP contribution is -2.35. The minimum Gasteiger partial charge on any atom is -0.370 e. The van der Waals surface area contributed by atoms with Crippen LogP contribution in [0.1, 0.15) is 38.7 Å². The van der Waals surface area contributed by atoms with Gasteiger partial charge < -0.3 is 15.5 Å². The Hall–Kier alpha value is -1.36. The first kappa shape index (κ1) is 16.0. The van der Waals surface area contributed by atoms with E-state index in [0.717, 1.165) is 43.5 Å². The predicted molar refractivity (Wildman–Crippen MR) is 88.9 cm³/mol. The van der Waals surface area contributed by atoms with E-state index >= 15 is 0 Å². The third kappa shape index (κ3) is 4.56. The third-order valence-electron chi connectivity index (χ3n) is 4.12. The third-order valence-corrected chi connectivity index (χ3v) is 4.12. The lowest BCUT2D eigenvalue weighted by atomic mass is 9.98. The standard InChI is InChI=1S/C16H29N5/c1-4-8-17-15-14(5-2)16(20-12-19-15)18-10-13-7-6-9-21(3)11-13/h12-13H,4-11H2,1-3H3,(H2,17,18,19,20). The molecule has 5 nitrogen and oxygen atoms in total. The summed E-state index contributed by atoms with van der Waals surface area (Å²) in [5.41, 5.74) is 1.20. The monoisotopic (exact) mass is 291 g/mol. The number of likely N-dealkylation sites (tertiary alicyclic amines) is 1. The van der Waals surface area contributed by atoms with Crippen molar-refractivity contribution in [3.05, 3.63) is 11.9 Å². The number of aromatic nitrogens is 2. The molecule has 0 radical (unpaired) electrons. The molecule has 1 aliphatic rings. The van der Waals surface area contributed by atoms with Crippen molar-refractivity contribution in [2.24, 2.45) is 5.92 Å². The summed E-state index contributed by atoms with van der Waals surface area (Å²) in [5.74, 6) is 2.70. The molecule has 0 bridgehead atoms. The van der Waals surface area contributed by atoms with Gasteiger partial charge in [-0.15, -0.1) is 0 Å². The molecule has 0 aliphatic carbocycles. The van der Waals surface area contributed by atoms with Gasteiger partial charge in [0, 0.05) is 25.2 Å². The van der Waals surface area contributed by atoms with Crippen molar-refractivity contribution in [1.82, 2.24) is 14.9 Å². The summed E-state index contributed by atoms with van der Waals surface area (Å²) in [7, 11) is 2.21. The van der Waals surface area contributed by atoms with Crippen molar-refractivity contribution in [2.45, 2.75) is 39.5 Å². The second-order valence-corrected chi connectivity index (χ2v) is 5.98. The quantitative estimate of drug-likeness (QED) is 0.809. The number of nitrogens with zero attached hydrogens (tertiary/aromatic N) is 3. The highest BCUT2D eigenvalue weighted by Gasteiger charge is 2.18. The largest absolute Gasteiger partial charge is 0.370 e. The molecule has 1 aliphatic heterocycles. The van der Waals surface area contributed by atoms with Crippen LogP contribution in [0.25, 0.3) is 0 Å². The summed E-state index contributed by atoms with van der Waals surface area (Å²) in [5, 5.41) is 6.95. The highest BCUT2D eigenvalue weighted by Crippen LogP contribution is 2.22. The molecule has 2 N–H and O–H groups in total. The van der Waals surface area contributed by atoms with Crippen molar-refractivity contribution in [2.75, 3.05) is 43.9 Å². The Kier molecular flexibility index (Phi) is 6.23. The van der Waals surface area contributed by atoms with E-state index in [0.29, 0.717) is 0 Å². The van der Waals surface area contributed by atoms with Crippen LogP contribution in [0.4, 0.5) is 11.6 Å². The predicted octanol–water partition coefficient (Wildman–Crippen LogP) is 2.61. The van der Waals surface area contributed by atoms with Crippen LogP contribution in [0.2, 0.25) is 0 Å². The number of piperidine rings is 1. The second-order valence-electron chi connectivity index (χ2n) is 5.98. The fourth-order valence-electron chi connectivity index (χ4n) is 2.98. The fourth-order valence-corrected chi connectivity index (χ4v) is 2.98. The summed E-state index contributed by atoms with van der Waals surface area (Å²) in [6.45, 7) is 8.70. The maximum Gasteiger partial charge on any atom is 0.134 e. The number of hydrogen-bond acceptors (Lipinski definition) is 5. The summed E-state index contributed by atoms with van der Waals surface area (Å²) < 4.78 is 0. The molecule has 1 fully saturated rings. The van der Waals surface area contributed by atoms with Gasteiger partial charge in [0.15, 0.2) is 0 Å².